The summed E-state index contributed by atoms with van der Waals surface area (Å²) in [6, 6.07) is 6.33. The van der Waals surface area contributed by atoms with Crippen LogP contribution in [0.2, 0.25) is 0 Å². The molecule has 3 nitrogen and oxygen atoms in total. The van der Waals surface area contributed by atoms with Crippen LogP contribution in [0.5, 0.6) is 0 Å². The average molecular weight is 301 g/mol. The van der Waals surface area contributed by atoms with E-state index in [0.29, 0.717) is 12.3 Å². The fourth-order valence-corrected chi connectivity index (χ4v) is 2.61. The van der Waals surface area contributed by atoms with Crippen molar-refractivity contribution in [1.82, 2.24) is 4.98 Å². The number of rotatable bonds is 2. The lowest BCUT2D eigenvalue weighted by Crippen LogP contribution is -2.16. The second-order valence-electron chi connectivity index (χ2n) is 7.89. The number of H-pyrrole nitrogens is 1. The maximum absolute atomic E-state index is 12.0. The Balaban J connectivity index is 2.70. The normalized spacial score (nSPS) is 12.7. The molecule has 0 fully saturated rings. The van der Waals surface area contributed by atoms with Gasteiger partial charge in [-0.2, -0.15) is 0 Å². The molecule has 0 spiro atoms. The highest BCUT2D eigenvalue weighted by atomic mass is 16.5. The predicted molar refractivity (Wildman–Crippen MR) is 91.7 cm³/mol. The summed E-state index contributed by atoms with van der Waals surface area (Å²) in [5.74, 6) is -0.295. The van der Waals surface area contributed by atoms with Crippen molar-refractivity contribution in [2.75, 3.05) is 6.61 Å². The van der Waals surface area contributed by atoms with Gasteiger partial charge in [0.05, 0.1) is 6.61 Å². The van der Waals surface area contributed by atoms with Crippen LogP contribution >= 0.6 is 0 Å². The molecule has 2 aromatic rings. The number of hydrogen-bond acceptors (Lipinski definition) is 2. The summed E-state index contributed by atoms with van der Waals surface area (Å²) in [5, 5.41) is 1.10. The maximum atomic E-state index is 12.0. The lowest BCUT2D eigenvalue weighted by Gasteiger charge is -2.25. The van der Waals surface area contributed by atoms with Gasteiger partial charge in [-0.05, 0) is 41.0 Å². The van der Waals surface area contributed by atoms with Crippen molar-refractivity contribution in [3.05, 3.63) is 35.0 Å². The largest absolute Gasteiger partial charge is 0.461 e. The number of carbonyl (C=O) groups is 1. The lowest BCUT2D eigenvalue weighted by atomic mass is 9.79. The van der Waals surface area contributed by atoms with Crippen LogP contribution in [0, 0.1) is 0 Å². The third kappa shape index (κ3) is 3.18. The molecule has 0 radical (unpaired) electrons. The van der Waals surface area contributed by atoms with Gasteiger partial charge in [-0.3, -0.25) is 0 Å². The Labute approximate surface area is 133 Å². The summed E-state index contributed by atoms with van der Waals surface area (Å²) in [5.41, 5.74) is 4.11. The van der Waals surface area contributed by atoms with E-state index in [2.05, 4.69) is 58.7 Å². The molecular formula is C19H27NO2. The van der Waals surface area contributed by atoms with Gasteiger partial charge in [0.1, 0.15) is 5.69 Å². The topological polar surface area (TPSA) is 42.1 Å². The molecule has 0 aliphatic rings. The highest BCUT2D eigenvalue weighted by Crippen LogP contribution is 2.35. The molecule has 0 bridgehead atoms. The molecule has 1 aromatic heterocycles. The highest BCUT2D eigenvalue weighted by Gasteiger charge is 2.24. The van der Waals surface area contributed by atoms with Gasteiger partial charge in [0.25, 0.3) is 0 Å². The molecule has 0 atom stereocenters. The van der Waals surface area contributed by atoms with Crippen LogP contribution in [-0.2, 0) is 15.6 Å². The third-order valence-electron chi connectivity index (χ3n) is 3.91. The van der Waals surface area contributed by atoms with E-state index in [-0.39, 0.29) is 16.8 Å². The zero-order valence-electron chi connectivity index (χ0n) is 14.8. The minimum absolute atomic E-state index is 0.00757. The van der Waals surface area contributed by atoms with Gasteiger partial charge in [0.2, 0.25) is 0 Å². The summed E-state index contributed by atoms with van der Waals surface area (Å²) in [6.07, 6.45) is 0. The molecule has 0 saturated carbocycles. The molecule has 0 unspecified atom stereocenters. The predicted octanol–water partition coefficient (Wildman–Crippen LogP) is 4.94. The lowest BCUT2D eigenvalue weighted by molar-refractivity contribution is 0.0520. The summed E-state index contributed by atoms with van der Waals surface area (Å²) < 4.78 is 5.11. The van der Waals surface area contributed by atoms with Crippen LogP contribution in [0.1, 0.15) is 70.1 Å². The van der Waals surface area contributed by atoms with E-state index in [1.165, 1.54) is 11.1 Å². The van der Waals surface area contributed by atoms with Gasteiger partial charge >= 0.3 is 5.97 Å². The Morgan fingerprint density at radius 2 is 1.68 bits per heavy atom. The minimum atomic E-state index is -0.295. The maximum Gasteiger partial charge on any atom is 0.354 e. The number of ether oxygens (including phenoxy) is 1. The van der Waals surface area contributed by atoms with Gasteiger partial charge in [-0.1, -0.05) is 47.6 Å². The number of aromatic nitrogens is 1. The summed E-state index contributed by atoms with van der Waals surface area (Å²) >= 11 is 0. The second kappa shape index (κ2) is 5.45. The molecule has 22 heavy (non-hydrogen) atoms. The Hall–Kier alpha value is -1.77. The molecule has 120 valence electrons. The van der Waals surface area contributed by atoms with Crippen LogP contribution in [-0.4, -0.2) is 17.6 Å². The molecule has 0 saturated heterocycles. The minimum Gasteiger partial charge on any atom is -0.461 e. The Morgan fingerprint density at radius 1 is 1.05 bits per heavy atom. The van der Waals surface area contributed by atoms with Crippen molar-refractivity contribution in [2.24, 2.45) is 0 Å². The summed E-state index contributed by atoms with van der Waals surface area (Å²) in [4.78, 5) is 15.2. The molecular weight excluding hydrogens is 274 g/mol. The van der Waals surface area contributed by atoms with E-state index in [9.17, 15) is 4.79 Å². The first-order chi connectivity index (χ1) is 10.0. The average Bonchev–Trinajstić information content (AvgIpc) is 2.79. The summed E-state index contributed by atoms with van der Waals surface area (Å²) in [6.45, 7) is 15.4. The monoisotopic (exact) mass is 301 g/mol. The molecule has 1 heterocycles. The molecule has 3 heteroatoms. The van der Waals surface area contributed by atoms with Crippen LogP contribution in [0.3, 0.4) is 0 Å². The van der Waals surface area contributed by atoms with E-state index in [0.717, 1.165) is 10.9 Å². The highest BCUT2D eigenvalue weighted by molar-refractivity contribution is 5.96. The number of benzene rings is 1. The van der Waals surface area contributed by atoms with Crippen LogP contribution < -0.4 is 0 Å². The van der Waals surface area contributed by atoms with Gasteiger partial charge in [0.15, 0.2) is 0 Å². The number of aromatic amines is 1. The second-order valence-corrected chi connectivity index (χ2v) is 7.89. The van der Waals surface area contributed by atoms with Gasteiger partial charge in [-0.25, -0.2) is 4.79 Å². The number of carbonyl (C=O) groups excluding carboxylic acids is 1. The SMILES string of the molecule is CCOC(=O)c1cc2c(C(C)(C)C)cc(C(C)(C)C)cc2[nH]1. The molecule has 0 amide bonds. The Morgan fingerprint density at radius 3 is 2.18 bits per heavy atom. The molecule has 1 N–H and O–H groups in total. The molecule has 0 aliphatic heterocycles. The molecule has 2 rings (SSSR count). The number of esters is 1. The van der Waals surface area contributed by atoms with E-state index in [1.54, 1.807) is 0 Å². The van der Waals surface area contributed by atoms with E-state index in [4.69, 9.17) is 4.74 Å². The molecule has 1 aromatic carbocycles. The first kappa shape index (κ1) is 16.6. The van der Waals surface area contributed by atoms with Gasteiger partial charge in [0, 0.05) is 10.9 Å². The van der Waals surface area contributed by atoms with Crippen molar-refractivity contribution in [3.63, 3.8) is 0 Å². The van der Waals surface area contributed by atoms with Crippen molar-refractivity contribution < 1.29 is 9.53 Å². The Bertz CT molecular complexity index is 697. The van der Waals surface area contributed by atoms with Crippen LogP contribution in [0.15, 0.2) is 18.2 Å². The first-order valence-electron chi connectivity index (χ1n) is 7.89. The van der Waals surface area contributed by atoms with Crippen molar-refractivity contribution >= 4 is 16.9 Å². The van der Waals surface area contributed by atoms with Gasteiger partial charge < -0.3 is 9.72 Å². The van der Waals surface area contributed by atoms with E-state index >= 15 is 0 Å². The fourth-order valence-electron chi connectivity index (χ4n) is 2.61. The third-order valence-corrected chi connectivity index (χ3v) is 3.91. The number of nitrogens with one attached hydrogen (secondary N) is 1. The zero-order chi connectivity index (χ0) is 16.7. The summed E-state index contributed by atoms with van der Waals surface area (Å²) in [7, 11) is 0. The van der Waals surface area contributed by atoms with Crippen LogP contribution in [0.4, 0.5) is 0 Å². The smallest absolute Gasteiger partial charge is 0.354 e. The standard InChI is InChI=1S/C19H27NO2/c1-8-22-17(21)16-11-13-14(19(5,6)7)9-12(18(2,3)4)10-15(13)20-16/h9-11,20H,8H2,1-7H3. The Kier molecular flexibility index (Phi) is 4.12. The quantitative estimate of drug-likeness (QED) is 0.798. The fraction of sp³-hybridized carbons (Fsp3) is 0.526. The van der Waals surface area contributed by atoms with E-state index < -0.39 is 0 Å². The van der Waals surface area contributed by atoms with Crippen molar-refractivity contribution in [2.45, 2.75) is 59.3 Å². The number of hydrogen-bond donors (Lipinski definition) is 1. The molecule has 0 aliphatic carbocycles. The van der Waals surface area contributed by atoms with E-state index in [1.807, 2.05) is 13.0 Å². The zero-order valence-corrected chi connectivity index (χ0v) is 14.8. The first-order valence-corrected chi connectivity index (χ1v) is 7.89. The van der Waals surface area contributed by atoms with Crippen molar-refractivity contribution in [3.8, 4) is 0 Å². The van der Waals surface area contributed by atoms with Crippen molar-refractivity contribution in [1.29, 1.82) is 0 Å². The van der Waals surface area contributed by atoms with Crippen LogP contribution in [0.25, 0.3) is 10.9 Å². The van der Waals surface area contributed by atoms with Gasteiger partial charge in [-0.15, -0.1) is 0 Å². The number of fused-ring (bicyclic) bond motifs is 1.